The van der Waals surface area contributed by atoms with Crippen molar-refractivity contribution in [2.45, 2.75) is 12.8 Å². The molecule has 1 fully saturated rings. The average molecular weight is 255 g/mol. The van der Waals surface area contributed by atoms with Crippen LogP contribution in [0.5, 0.6) is 0 Å². The molecule has 0 aromatic heterocycles. The predicted molar refractivity (Wildman–Crippen MR) is 66.8 cm³/mol. The molecule has 0 unspecified atom stereocenters. The third kappa shape index (κ3) is 3.91. The van der Waals surface area contributed by atoms with Gasteiger partial charge in [0.1, 0.15) is 6.54 Å². The smallest absolute Gasteiger partial charge is 0.344 e. The molecule has 2 rings (SSSR count). The van der Waals surface area contributed by atoms with Crippen LogP contribution in [0.3, 0.4) is 0 Å². The van der Waals surface area contributed by atoms with Gasteiger partial charge in [-0.3, -0.25) is 0 Å². The molecule has 1 aliphatic heterocycles. The van der Waals surface area contributed by atoms with Crippen molar-refractivity contribution in [3.63, 3.8) is 0 Å². The van der Waals surface area contributed by atoms with Gasteiger partial charge in [-0.1, -0.05) is 17.7 Å². The number of anilines is 1. The molecular weight excluding hydrogens is 240 g/mol. The van der Waals surface area contributed by atoms with Crippen LogP contribution < -0.4 is 5.32 Å². The highest BCUT2D eigenvalue weighted by Gasteiger charge is 2.15. The second-order valence-electron chi connectivity index (χ2n) is 3.96. The summed E-state index contributed by atoms with van der Waals surface area (Å²) in [5.74, 6) is -0.271. The van der Waals surface area contributed by atoms with Crippen LogP contribution in [0.25, 0.3) is 0 Å². The van der Waals surface area contributed by atoms with E-state index in [0.717, 1.165) is 31.6 Å². The van der Waals surface area contributed by atoms with E-state index in [-0.39, 0.29) is 12.5 Å². The fourth-order valence-corrected chi connectivity index (χ4v) is 1.92. The average Bonchev–Trinajstić information content (AvgIpc) is 2.79. The van der Waals surface area contributed by atoms with Crippen LogP contribution in [-0.2, 0) is 9.63 Å². The molecule has 1 aromatic carbocycles. The van der Waals surface area contributed by atoms with Crippen LogP contribution in [0.4, 0.5) is 5.69 Å². The van der Waals surface area contributed by atoms with Crippen LogP contribution in [0.15, 0.2) is 24.3 Å². The molecule has 0 aliphatic carbocycles. The van der Waals surface area contributed by atoms with Crippen molar-refractivity contribution >= 4 is 23.3 Å². The summed E-state index contributed by atoms with van der Waals surface area (Å²) < 4.78 is 0. The highest BCUT2D eigenvalue weighted by atomic mass is 35.5. The number of carbonyl (C=O) groups is 1. The standard InChI is InChI=1S/C12H15ClN2O2/c13-10-4-3-5-11(8-10)14-9-12(16)17-15-6-1-2-7-15/h3-5,8,14H,1-2,6-7,9H2. The fraction of sp³-hybridized carbons (Fsp3) is 0.417. The van der Waals surface area contributed by atoms with E-state index in [1.165, 1.54) is 0 Å². The van der Waals surface area contributed by atoms with Crippen molar-refractivity contribution in [1.82, 2.24) is 5.06 Å². The number of halogens is 1. The predicted octanol–water partition coefficient (Wildman–Crippen LogP) is 2.31. The SMILES string of the molecule is O=C(CNc1cccc(Cl)c1)ON1CCCC1. The van der Waals surface area contributed by atoms with Crippen LogP contribution >= 0.6 is 11.6 Å². The van der Waals surface area contributed by atoms with Crippen molar-refractivity contribution in [2.75, 3.05) is 25.0 Å². The van der Waals surface area contributed by atoms with Crippen LogP contribution in [0.2, 0.25) is 5.02 Å². The molecule has 1 aromatic rings. The maximum atomic E-state index is 11.5. The summed E-state index contributed by atoms with van der Waals surface area (Å²) in [5.41, 5.74) is 0.816. The second kappa shape index (κ2) is 5.89. The number of hydrogen-bond acceptors (Lipinski definition) is 4. The number of nitrogens with zero attached hydrogens (tertiary/aromatic N) is 1. The summed E-state index contributed by atoms with van der Waals surface area (Å²) in [6, 6.07) is 7.24. The Bertz CT molecular complexity index is 392. The molecule has 0 atom stereocenters. The summed E-state index contributed by atoms with van der Waals surface area (Å²) in [7, 11) is 0. The maximum absolute atomic E-state index is 11.5. The van der Waals surface area contributed by atoms with Gasteiger partial charge in [-0.25, -0.2) is 4.79 Å². The normalized spacial score (nSPS) is 15.8. The van der Waals surface area contributed by atoms with Crippen molar-refractivity contribution in [3.8, 4) is 0 Å². The number of hydrogen-bond donors (Lipinski definition) is 1. The van der Waals surface area contributed by atoms with Crippen molar-refractivity contribution in [1.29, 1.82) is 0 Å². The van der Waals surface area contributed by atoms with E-state index in [1.54, 1.807) is 17.2 Å². The molecule has 92 valence electrons. The molecule has 1 N–H and O–H groups in total. The lowest BCUT2D eigenvalue weighted by Gasteiger charge is -2.14. The van der Waals surface area contributed by atoms with Gasteiger partial charge in [0.25, 0.3) is 0 Å². The Kier molecular flexibility index (Phi) is 4.23. The summed E-state index contributed by atoms with van der Waals surface area (Å²) >= 11 is 5.83. The molecule has 0 spiro atoms. The Morgan fingerprint density at radius 1 is 1.41 bits per heavy atom. The lowest BCUT2D eigenvalue weighted by molar-refractivity contribution is -0.182. The molecule has 5 heteroatoms. The molecule has 0 radical (unpaired) electrons. The summed E-state index contributed by atoms with van der Waals surface area (Å²) in [4.78, 5) is 16.7. The Hall–Kier alpha value is -1.26. The molecular formula is C12H15ClN2O2. The van der Waals surface area contributed by atoms with E-state index in [1.807, 2.05) is 12.1 Å². The topological polar surface area (TPSA) is 41.6 Å². The molecule has 17 heavy (non-hydrogen) atoms. The largest absolute Gasteiger partial charge is 0.375 e. The Labute approximate surface area is 105 Å². The third-order valence-electron chi connectivity index (χ3n) is 2.56. The van der Waals surface area contributed by atoms with Gasteiger partial charge in [0, 0.05) is 23.8 Å². The van der Waals surface area contributed by atoms with Gasteiger partial charge in [0.05, 0.1) is 0 Å². The van der Waals surface area contributed by atoms with Crippen LogP contribution in [0.1, 0.15) is 12.8 Å². The quantitative estimate of drug-likeness (QED) is 0.895. The van der Waals surface area contributed by atoms with Crippen molar-refractivity contribution in [3.05, 3.63) is 29.3 Å². The number of nitrogens with one attached hydrogen (secondary N) is 1. The summed E-state index contributed by atoms with van der Waals surface area (Å²) in [6.07, 6.45) is 2.18. The van der Waals surface area contributed by atoms with E-state index in [2.05, 4.69) is 5.32 Å². The third-order valence-corrected chi connectivity index (χ3v) is 2.79. The zero-order valence-electron chi connectivity index (χ0n) is 9.49. The lowest BCUT2D eigenvalue weighted by atomic mass is 10.3. The van der Waals surface area contributed by atoms with Gasteiger partial charge < -0.3 is 10.2 Å². The molecule has 0 saturated carbocycles. The Morgan fingerprint density at radius 2 is 2.18 bits per heavy atom. The highest BCUT2D eigenvalue weighted by molar-refractivity contribution is 6.30. The first-order valence-electron chi connectivity index (χ1n) is 5.69. The molecule has 1 aliphatic rings. The second-order valence-corrected chi connectivity index (χ2v) is 4.40. The maximum Gasteiger partial charge on any atom is 0.344 e. The fourth-order valence-electron chi connectivity index (χ4n) is 1.73. The summed E-state index contributed by atoms with van der Waals surface area (Å²) in [6.45, 7) is 1.82. The van der Waals surface area contributed by atoms with Gasteiger partial charge in [-0.2, -0.15) is 0 Å². The van der Waals surface area contributed by atoms with Gasteiger partial charge >= 0.3 is 5.97 Å². The number of carbonyl (C=O) groups excluding carboxylic acids is 1. The van der Waals surface area contributed by atoms with E-state index in [4.69, 9.17) is 16.4 Å². The van der Waals surface area contributed by atoms with Gasteiger partial charge in [-0.15, -0.1) is 5.06 Å². The van der Waals surface area contributed by atoms with Crippen LogP contribution in [0, 0.1) is 0 Å². The minimum absolute atomic E-state index is 0.150. The van der Waals surface area contributed by atoms with Gasteiger partial charge in [0.15, 0.2) is 0 Å². The van der Waals surface area contributed by atoms with Gasteiger partial charge in [0.2, 0.25) is 0 Å². The minimum atomic E-state index is -0.271. The number of rotatable bonds is 4. The first kappa shape index (κ1) is 12.2. The van der Waals surface area contributed by atoms with E-state index >= 15 is 0 Å². The molecule has 0 bridgehead atoms. The molecule has 1 heterocycles. The Balaban J connectivity index is 1.75. The first-order chi connectivity index (χ1) is 8.24. The van der Waals surface area contributed by atoms with Crippen molar-refractivity contribution in [2.24, 2.45) is 0 Å². The molecule has 4 nitrogen and oxygen atoms in total. The van der Waals surface area contributed by atoms with E-state index < -0.39 is 0 Å². The van der Waals surface area contributed by atoms with Crippen molar-refractivity contribution < 1.29 is 9.63 Å². The highest BCUT2D eigenvalue weighted by Crippen LogP contribution is 2.14. The van der Waals surface area contributed by atoms with Crippen LogP contribution in [-0.4, -0.2) is 30.7 Å². The first-order valence-corrected chi connectivity index (χ1v) is 6.07. The minimum Gasteiger partial charge on any atom is -0.375 e. The zero-order chi connectivity index (χ0) is 12.1. The monoisotopic (exact) mass is 254 g/mol. The lowest BCUT2D eigenvalue weighted by Crippen LogP contribution is -2.28. The summed E-state index contributed by atoms with van der Waals surface area (Å²) in [5, 5.41) is 5.33. The Morgan fingerprint density at radius 3 is 2.88 bits per heavy atom. The molecule has 0 amide bonds. The molecule has 1 saturated heterocycles. The number of hydroxylamine groups is 2. The van der Waals surface area contributed by atoms with Gasteiger partial charge in [-0.05, 0) is 31.0 Å². The number of benzene rings is 1. The van der Waals surface area contributed by atoms with E-state index in [9.17, 15) is 4.79 Å². The zero-order valence-corrected chi connectivity index (χ0v) is 10.2. The van der Waals surface area contributed by atoms with E-state index in [0.29, 0.717) is 5.02 Å².